The second-order valence-corrected chi connectivity index (χ2v) is 6.08. The summed E-state index contributed by atoms with van der Waals surface area (Å²) < 4.78 is 26.7. The maximum Gasteiger partial charge on any atom is 0.240 e. The first-order chi connectivity index (χ1) is 9.62. The fourth-order valence-corrected chi connectivity index (χ4v) is 2.86. The highest BCUT2D eigenvalue weighted by molar-refractivity contribution is 7.89. The van der Waals surface area contributed by atoms with Gasteiger partial charge >= 0.3 is 0 Å². The zero-order chi connectivity index (χ0) is 14.4. The van der Waals surface area contributed by atoms with Gasteiger partial charge in [0.2, 0.25) is 10.0 Å². The second kappa shape index (κ2) is 6.53. The van der Waals surface area contributed by atoms with Crippen LogP contribution >= 0.6 is 0 Å². The van der Waals surface area contributed by atoms with Crippen molar-refractivity contribution in [3.63, 3.8) is 0 Å². The molecule has 0 fully saturated rings. The summed E-state index contributed by atoms with van der Waals surface area (Å²) in [5, 5.41) is 2.95. The van der Waals surface area contributed by atoms with E-state index in [4.69, 9.17) is 0 Å². The van der Waals surface area contributed by atoms with Crippen molar-refractivity contribution in [2.24, 2.45) is 0 Å². The number of aryl methyl sites for hydroxylation is 1. The zero-order valence-electron chi connectivity index (χ0n) is 11.3. The summed E-state index contributed by atoms with van der Waals surface area (Å²) in [6.07, 6.45) is 4.85. The van der Waals surface area contributed by atoms with Gasteiger partial charge in [0.15, 0.2) is 0 Å². The molecule has 0 aliphatic carbocycles. The van der Waals surface area contributed by atoms with Crippen molar-refractivity contribution in [3.8, 4) is 0 Å². The summed E-state index contributed by atoms with van der Waals surface area (Å²) in [6, 6.07) is 6.64. The van der Waals surface area contributed by atoms with Crippen LogP contribution in [0.3, 0.4) is 0 Å². The summed E-state index contributed by atoms with van der Waals surface area (Å²) in [4.78, 5) is 7.34. The highest BCUT2D eigenvalue weighted by Crippen LogP contribution is 2.13. The van der Waals surface area contributed by atoms with Crippen molar-refractivity contribution < 1.29 is 8.42 Å². The number of nitrogens with one attached hydrogen (secondary N) is 3. The molecule has 1 aromatic carbocycles. The van der Waals surface area contributed by atoms with Crippen LogP contribution < -0.4 is 10.0 Å². The van der Waals surface area contributed by atoms with Gasteiger partial charge in [-0.25, -0.2) is 18.1 Å². The third-order valence-corrected chi connectivity index (χ3v) is 4.37. The maximum absolute atomic E-state index is 12.0. The number of aromatic nitrogens is 2. The molecule has 20 heavy (non-hydrogen) atoms. The van der Waals surface area contributed by atoms with Crippen molar-refractivity contribution in [2.45, 2.75) is 17.7 Å². The van der Waals surface area contributed by atoms with Gasteiger partial charge in [-0.15, -0.1) is 0 Å². The molecule has 6 nitrogen and oxygen atoms in total. The maximum atomic E-state index is 12.0. The molecule has 0 aliphatic rings. The fraction of sp³-hybridized carbons (Fsp3) is 0.308. The van der Waals surface area contributed by atoms with E-state index in [0.29, 0.717) is 19.4 Å². The Hall–Kier alpha value is -1.86. The molecule has 7 heteroatoms. The third kappa shape index (κ3) is 3.82. The molecule has 0 amide bonds. The molecule has 1 aromatic heterocycles. The van der Waals surface area contributed by atoms with E-state index in [9.17, 15) is 8.42 Å². The van der Waals surface area contributed by atoms with E-state index in [0.717, 1.165) is 11.5 Å². The number of anilines is 1. The number of nitrogens with zero attached hydrogens (tertiary/aromatic N) is 1. The molecule has 0 atom stereocenters. The molecule has 3 N–H and O–H groups in total. The zero-order valence-corrected chi connectivity index (χ0v) is 12.1. The number of benzene rings is 1. The fourth-order valence-electron chi connectivity index (χ4n) is 1.78. The topological polar surface area (TPSA) is 86.9 Å². The average Bonchev–Trinajstić information content (AvgIpc) is 2.97. The number of hydrogen-bond donors (Lipinski definition) is 3. The van der Waals surface area contributed by atoms with Crippen LogP contribution in [-0.4, -0.2) is 32.0 Å². The normalized spacial score (nSPS) is 11.4. The van der Waals surface area contributed by atoms with E-state index in [-0.39, 0.29) is 4.90 Å². The summed E-state index contributed by atoms with van der Waals surface area (Å²) in [7, 11) is -1.65. The van der Waals surface area contributed by atoms with Gasteiger partial charge in [0.1, 0.15) is 5.82 Å². The molecule has 0 unspecified atom stereocenters. The largest absolute Gasteiger partial charge is 0.388 e. The van der Waals surface area contributed by atoms with E-state index < -0.39 is 10.0 Å². The molecule has 108 valence electrons. The van der Waals surface area contributed by atoms with Gasteiger partial charge in [0.05, 0.1) is 4.90 Å². The van der Waals surface area contributed by atoms with E-state index in [1.54, 1.807) is 43.7 Å². The SMILES string of the molecule is CNc1ccc(S(=O)(=O)NCCCc2ncc[nH]2)cc1. The summed E-state index contributed by atoms with van der Waals surface area (Å²) in [6.45, 7) is 0.386. The van der Waals surface area contributed by atoms with Crippen LogP contribution in [0.4, 0.5) is 5.69 Å². The van der Waals surface area contributed by atoms with E-state index in [1.807, 2.05) is 0 Å². The van der Waals surface area contributed by atoms with Crippen molar-refractivity contribution >= 4 is 15.7 Å². The first kappa shape index (κ1) is 14.5. The number of imidazole rings is 1. The van der Waals surface area contributed by atoms with Crippen molar-refractivity contribution in [1.29, 1.82) is 0 Å². The van der Waals surface area contributed by atoms with Gasteiger partial charge in [-0.3, -0.25) is 0 Å². The van der Waals surface area contributed by atoms with Crippen LogP contribution in [0.15, 0.2) is 41.6 Å². The standard InChI is InChI=1S/C13H18N4O2S/c1-14-11-4-6-12(7-5-11)20(18,19)17-8-2-3-13-15-9-10-16-13/h4-7,9-10,14,17H,2-3,8H2,1H3,(H,15,16). The molecule has 0 bridgehead atoms. The highest BCUT2D eigenvalue weighted by Gasteiger charge is 2.12. The third-order valence-electron chi connectivity index (χ3n) is 2.89. The Labute approximate surface area is 118 Å². The Kier molecular flexibility index (Phi) is 4.75. The lowest BCUT2D eigenvalue weighted by Crippen LogP contribution is -2.25. The number of sulfonamides is 1. The molecule has 2 rings (SSSR count). The van der Waals surface area contributed by atoms with Gasteiger partial charge in [0, 0.05) is 38.1 Å². The van der Waals surface area contributed by atoms with Gasteiger partial charge in [-0.2, -0.15) is 0 Å². The van der Waals surface area contributed by atoms with Gasteiger partial charge in [-0.1, -0.05) is 0 Å². The lowest BCUT2D eigenvalue weighted by Gasteiger charge is -2.07. The molecule has 1 heterocycles. The molecule has 2 aromatic rings. The van der Waals surface area contributed by atoms with Gasteiger partial charge < -0.3 is 10.3 Å². The van der Waals surface area contributed by atoms with E-state index >= 15 is 0 Å². The average molecular weight is 294 g/mol. The minimum Gasteiger partial charge on any atom is -0.388 e. The number of rotatable bonds is 7. The first-order valence-electron chi connectivity index (χ1n) is 6.37. The number of hydrogen-bond acceptors (Lipinski definition) is 4. The predicted molar refractivity (Wildman–Crippen MR) is 78.1 cm³/mol. The van der Waals surface area contributed by atoms with Crippen LogP contribution in [0.1, 0.15) is 12.2 Å². The Morgan fingerprint density at radius 2 is 2.00 bits per heavy atom. The minimum atomic E-state index is -3.43. The van der Waals surface area contributed by atoms with E-state index in [1.165, 1.54) is 0 Å². The smallest absolute Gasteiger partial charge is 0.240 e. The van der Waals surface area contributed by atoms with Crippen LogP contribution in [-0.2, 0) is 16.4 Å². The molecule has 0 radical (unpaired) electrons. The minimum absolute atomic E-state index is 0.273. The Morgan fingerprint density at radius 3 is 2.60 bits per heavy atom. The first-order valence-corrected chi connectivity index (χ1v) is 7.86. The molecule has 0 saturated heterocycles. The number of H-pyrrole nitrogens is 1. The van der Waals surface area contributed by atoms with E-state index in [2.05, 4.69) is 20.0 Å². The summed E-state index contributed by atoms with van der Waals surface area (Å²) >= 11 is 0. The Balaban J connectivity index is 1.86. The Morgan fingerprint density at radius 1 is 1.25 bits per heavy atom. The Bertz CT molecular complexity index is 621. The summed E-state index contributed by atoms with van der Waals surface area (Å²) in [5.74, 6) is 0.863. The predicted octanol–water partition coefficient (Wildman–Crippen LogP) is 1.36. The molecular weight excluding hydrogens is 276 g/mol. The molecule has 0 aliphatic heterocycles. The van der Waals surface area contributed by atoms with Crippen molar-refractivity contribution in [1.82, 2.24) is 14.7 Å². The quantitative estimate of drug-likeness (QED) is 0.673. The van der Waals surface area contributed by atoms with Crippen LogP contribution in [0.5, 0.6) is 0 Å². The van der Waals surface area contributed by atoms with Crippen LogP contribution in [0.25, 0.3) is 0 Å². The van der Waals surface area contributed by atoms with Crippen molar-refractivity contribution in [2.75, 3.05) is 18.9 Å². The molecule has 0 spiro atoms. The number of aromatic amines is 1. The molecular formula is C13H18N4O2S. The summed E-state index contributed by atoms with van der Waals surface area (Å²) in [5.41, 5.74) is 0.877. The second-order valence-electron chi connectivity index (χ2n) is 4.31. The van der Waals surface area contributed by atoms with Gasteiger partial charge in [0.25, 0.3) is 0 Å². The lowest BCUT2D eigenvalue weighted by molar-refractivity contribution is 0.578. The lowest BCUT2D eigenvalue weighted by atomic mass is 10.3. The van der Waals surface area contributed by atoms with Gasteiger partial charge in [-0.05, 0) is 30.7 Å². The molecule has 0 saturated carbocycles. The van der Waals surface area contributed by atoms with Crippen LogP contribution in [0, 0.1) is 0 Å². The van der Waals surface area contributed by atoms with Crippen molar-refractivity contribution in [3.05, 3.63) is 42.5 Å². The highest BCUT2D eigenvalue weighted by atomic mass is 32.2. The van der Waals surface area contributed by atoms with Crippen LogP contribution in [0.2, 0.25) is 0 Å². The monoisotopic (exact) mass is 294 g/mol.